The van der Waals surface area contributed by atoms with E-state index in [0.717, 1.165) is 25.9 Å². The Kier molecular flexibility index (Phi) is 3.54. The van der Waals surface area contributed by atoms with Crippen molar-refractivity contribution in [2.45, 2.75) is 32.7 Å². The van der Waals surface area contributed by atoms with Crippen LogP contribution in [-0.4, -0.2) is 29.1 Å². The van der Waals surface area contributed by atoms with Crippen LogP contribution in [0.25, 0.3) is 0 Å². The first-order chi connectivity index (χ1) is 8.03. The van der Waals surface area contributed by atoms with Gasteiger partial charge in [-0.25, -0.2) is 0 Å². The van der Waals surface area contributed by atoms with Gasteiger partial charge in [0.25, 0.3) is 0 Å². The van der Waals surface area contributed by atoms with Gasteiger partial charge >= 0.3 is 5.97 Å². The predicted molar refractivity (Wildman–Crippen MR) is 69.3 cm³/mol. The van der Waals surface area contributed by atoms with Crippen LogP contribution in [0.2, 0.25) is 0 Å². The number of rotatable bonds is 3. The molecule has 1 aromatic rings. The second-order valence-corrected chi connectivity index (χ2v) is 6.07. The Labute approximate surface area is 106 Å². The maximum Gasteiger partial charge on any atom is 0.309 e. The number of carboxylic acids is 1. The molecule has 0 aliphatic carbocycles. The summed E-state index contributed by atoms with van der Waals surface area (Å²) in [6, 6.07) is 4.63. The lowest BCUT2D eigenvalue weighted by molar-refractivity contribution is -0.151. The van der Waals surface area contributed by atoms with Gasteiger partial charge in [-0.3, -0.25) is 9.69 Å². The van der Waals surface area contributed by atoms with Crippen molar-refractivity contribution in [2.75, 3.05) is 13.1 Å². The molecule has 1 aliphatic heterocycles. The fraction of sp³-hybridized carbons (Fsp3) is 0.615. The lowest BCUT2D eigenvalue weighted by Crippen LogP contribution is -2.43. The molecule has 0 amide bonds. The molecule has 1 fully saturated rings. The van der Waals surface area contributed by atoms with Crippen LogP contribution in [0.15, 0.2) is 17.5 Å². The number of hydrogen-bond acceptors (Lipinski definition) is 3. The van der Waals surface area contributed by atoms with Crippen LogP contribution in [0.4, 0.5) is 0 Å². The summed E-state index contributed by atoms with van der Waals surface area (Å²) < 4.78 is 0. The number of nitrogens with zero attached hydrogens (tertiary/aromatic N) is 1. The van der Waals surface area contributed by atoms with E-state index in [1.165, 1.54) is 4.88 Å². The molecule has 1 atom stereocenters. The standard InChI is InChI=1S/C13H19NO2S/c1-10(11-4-3-9-17-11)14-7-5-13(2,6-8-14)12(15)16/h3-4,9-10H,5-8H2,1-2H3,(H,15,16). The highest BCUT2D eigenvalue weighted by molar-refractivity contribution is 7.10. The molecule has 1 aliphatic rings. The lowest BCUT2D eigenvalue weighted by atomic mass is 9.80. The van der Waals surface area contributed by atoms with E-state index in [0.29, 0.717) is 6.04 Å². The Morgan fingerprint density at radius 1 is 1.53 bits per heavy atom. The normalized spacial score (nSPS) is 22.2. The highest BCUT2D eigenvalue weighted by Gasteiger charge is 2.37. The van der Waals surface area contributed by atoms with E-state index in [2.05, 4.69) is 29.3 Å². The smallest absolute Gasteiger partial charge is 0.309 e. The zero-order valence-electron chi connectivity index (χ0n) is 10.3. The summed E-state index contributed by atoms with van der Waals surface area (Å²) in [6.45, 7) is 5.82. The van der Waals surface area contributed by atoms with E-state index in [1.807, 2.05) is 6.92 Å². The van der Waals surface area contributed by atoms with Gasteiger partial charge in [0, 0.05) is 10.9 Å². The quantitative estimate of drug-likeness (QED) is 0.900. The van der Waals surface area contributed by atoms with Crippen molar-refractivity contribution in [1.82, 2.24) is 4.90 Å². The molecule has 0 radical (unpaired) electrons. The number of thiophene rings is 1. The minimum atomic E-state index is -0.652. The second kappa shape index (κ2) is 4.78. The summed E-state index contributed by atoms with van der Waals surface area (Å²) in [7, 11) is 0. The third-order valence-corrected chi connectivity index (χ3v) is 4.96. The van der Waals surface area contributed by atoms with Gasteiger partial charge in [-0.05, 0) is 51.2 Å². The van der Waals surface area contributed by atoms with Crippen LogP contribution in [-0.2, 0) is 4.79 Å². The second-order valence-electron chi connectivity index (χ2n) is 5.09. The molecule has 0 spiro atoms. The zero-order valence-corrected chi connectivity index (χ0v) is 11.2. The molecule has 0 bridgehead atoms. The number of carboxylic acid groups (broad SMARTS) is 1. The van der Waals surface area contributed by atoms with Crippen molar-refractivity contribution in [2.24, 2.45) is 5.41 Å². The third-order valence-electron chi connectivity index (χ3n) is 3.92. The first-order valence-corrected chi connectivity index (χ1v) is 6.92. The van der Waals surface area contributed by atoms with Gasteiger partial charge in [-0.2, -0.15) is 0 Å². The molecule has 1 saturated heterocycles. The molecule has 17 heavy (non-hydrogen) atoms. The van der Waals surface area contributed by atoms with Crippen LogP contribution in [0.3, 0.4) is 0 Å². The molecule has 0 aromatic carbocycles. The van der Waals surface area contributed by atoms with E-state index < -0.39 is 11.4 Å². The van der Waals surface area contributed by atoms with Gasteiger partial charge in [0.15, 0.2) is 0 Å². The van der Waals surface area contributed by atoms with Gasteiger partial charge in [-0.15, -0.1) is 11.3 Å². The summed E-state index contributed by atoms with van der Waals surface area (Å²) in [5.41, 5.74) is -0.522. The topological polar surface area (TPSA) is 40.5 Å². The fourth-order valence-corrected chi connectivity index (χ4v) is 3.15. The Hall–Kier alpha value is -0.870. The van der Waals surface area contributed by atoms with Crippen LogP contribution < -0.4 is 0 Å². The molecule has 3 nitrogen and oxygen atoms in total. The van der Waals surface area contributed by atoms with Crippen LogP contribution in [0.5, 0.6) is 0 Å². The Morgan fingerprint density at radius 3 is 2.65 bits per heavy atom. The van der Waals surface area contributed by atoms with Gasteiger partial charge in [0.1, 0.15) is 0 Å². The molecule has 94 valence electrons. The maximum atomic E-state index is 11.2. The molecular weight excluding hydrogens is 234 g/mol. The summed E-state index contributed by atoms with van der Waals surface area (Å²) in [5, 5.41) is 11.3. The van der Waals surface area contributed by atoms with Crippen molar-refractivity contribution in [3.05, 3.63) is 22.4 Å². The van der Waals surface area contributed by atoms with E-state index in [1.54, 1.807) is 11.3 Å². The number of piperidine rings is 1. The van der Waals surface area contributed by atoms with Gasteiger partial charge in [-0.1, -0.05) is 6.07 Å². The summed E-state index contributed by atoms with van der Waals surface area (Å²) in [5.74, 6) is -0.652. The van der Waals surface area contributed by atoms with Gasteiger partial charge in [0.05, 0.1) is 5.41 Å². The number of likely N-dealkylation sites (tertiary alicyclic amines) is 1. The summed E-state index contributed by atoms with van der Waals surface area (Å²) in [6.07, 6.45) is 1.50. The molecule has 1 N–H and O–H groups in total. The fourth-order valence-electron chi connectivity index (χ4n) is 2.33. The van der Waals surface area contributed by atoms with E-state index >= 15 is 0 Å². The van der Waals surface area contributed by atoms with Crippen LogP contribution in [0.1, 0.15) is 37.6 Å². The average Bonchev–Trinajstić information content (AvgIpc) is 2.82. The Balaban J connectivity index is 1.98. The van der Waals surface area contributed by atoms with Gasteiger partial charge in [0.2, 0.25) is 0 Å². The zero-order chi connectivity index (χ0) is 12.5. The highest BCUT2D eigenvalue weighted by atomic mass is 32.1. The minimum Gasteiger partial charge on any atom is -0.481 e. The lowest BCUT2D eigenvalue weighted by Gasteiger charge is -2.39. The SMILES string of the molecule is CC(c1cccs1)N1CCC(C)(C(=O)O)CC1. The van der Waals surface area contributed by atoms with Crippen LogP contribution in [0, 0.1) is 5.41 Å². The molecule has 1 aromatic heterocycles. The predicted octanol–water partition coefficient (Wildman–Crippen LogP) is 3.00. The Morgan fingerprint density at radius 2 is 2.18 bits per heavy atom. The van der Waals surface area contributed by atoms with Crippen molar-refractivity contribution < 1.29 is 9.90 Å². The number of carbonyl (C=O) groups is 1. The largest absolute Gasteiger partial charge is 0.481 e. The van der Waals surface area contributed by atoms with Crippen molar-refractivity contribution in [3.63, 3.8) is 0 Å². The average molecular weight is 253 g/mol. The third kappa shape index (κ3) is 2.53. The highest BCUT2D eigenvalue weighted by Crippen LogP contribution is 2.35. The minimum absolute atomic E-state index is 0.411. The van der Waals surface area contributed by atoms with E-state index in [-0.39, 0.29) is 0 Å². The molecule has 0 saturated carbocycles. The van der Waals surface area contributed by atoms with Crippen molar-refractivity contribution >= 4 is 17.3 Å². The molecular formula is C13H19NO2S. The first-order valence-electron chi connectivity index (χ1n) is 6.04. The van der Waals surface area contributed by atoms with Crippen molar-refractivity contribution in [3.8, 4) is 0 Å². The molecule has 2 rings (SSSR count). The summed E-state index contributed by atoms with van der Waals surface area (Å²) >= 11 is 1.77. The van der Waals surface area contributed by atoms with Gasteiger partial charge < -0.3 is 5.11 Å². The molecule has 2 heterocycles. The van der Waals surface area contributed by atoms with E-state index in [9.17, 15) is 9.90 Å². The summed E-state index contributed by atoms with van der Waals surface area (Å²) in [4.78, 5) is 14.9. The van der Waals surface area contributed by atoms with E-state index in [4.69, 9.17) is 0 Å². The maximum absolute atomic E-state index is 11.2. The van der Waals surface area contributed by atoms with Crippen LogP contribution >= 0.6 is 11.3 Å². The molecule has 1 unspecified atom stereocenters. The molecule has 4 heteroatoms. The monoisotopic (exact) mass is 253 g/mol. The first kappa shape index (κ1) is 12.6. The number of hydrogen-bond donors (Lipinski definition) is 1. The van der Waals surface area contributed by atoms with Crippen molar-refractivity contribution in [1.29, 1.82) is 0 Å². The Bertz CT molecular complexity index is 380. The number of aliphatic carboxylic acids is 1.